The molecule has 1 aromatic heterocycles. The molecule has 0 saturated carbocycles. The van der Waals surface area contributed by atoms with Gasteiger partial charge in [-0.25, -0.2) is 19.6 Å². The number of ether oxygens (including phenoxy) is 2. The number of aromatic nitrogens is 2. The van der Waals surface area contributed by atoms with E-state index in [9.17, 15) is 24.6 Å². The Kier molecular flexibility index (Phi) is 10.2. The third kappa shape index (κ3) is 9.73. The highest BCUT2D eigenvalue weighted by atomic mass is 35.6. The molecule has 0 bridgehead atoms. The molecule has 34 heavy (non-hydrogen) atoms. The molecular formula is C19H20Cl3N5O7. The second kappa shape index (κ2) is 12.9. The monoisotopic (exact) mass is 535 g/mol. The van der Waals surface area contributed by atoms with Crippen LogP contribution in [0.25, 0.3) is 0 Å². The van der Waals surface area contributed by atoms with Crippen molar-refractivity contribution >= 4 is 58.7 Å². The maximum atomic E-state index is 12.3. The van der Waals surface area contributed by atoms with E-state index in [1.807, 2.05) is 5.32 Å². The number of anilines is 1. The van der Waals surface area contributed by atoms with Gasteiger partial charge in [0.25, 0.3) is 5.91 Å². The molecule has 0 aliphatic rings. The minimum Gasteiger partial charge on any atom is -0.507 e. The van der Waals surface area contributed by atoms with Crippen LogP contribution in [-0.4, -0.2) is 74.3 Å². The van der Waals surface area contributed by atoms with Crippen LogP contribution >= 0.6 is 34.8 Å². The topological polar surface area (TPSA) is 172 Å². The molecule has 2 rings (SSSR count). The van der Waals surface area contributed by atoms with Gasteiger partial charge in [0.15, 0.2) is 0 Å². The number of rotatable bonds is 11. The number of alkyl halides is 3. The Bertz CT molecular complexity index is 992. The number of hydrogen-bond donors (Lipinski definition) is 5. The third-order valence-electron chi connectivity index (χ3n) is 3.86. The second-order valence-electron chi connectivity index (χ2n) is 6.46. The number of amides is 2. The molecule has 0 radical (unpaired) electrons. The van der Waals surface area contributed by atoms with Crippen LogP contribution in [0.4, 0.5) is 10.7 Å². The van der Waals surface area contributed by atoms with E-state index in [4.69, 9.17) is 39.5 Å². The molecule has 1 heterocycles. The zero-order valence-electron chi connectivity index (χ0n) is 17.3. The molecule has 12 nitrogen and oxygen atoms in total. The molecule has 0 fully saturated rings. The van der Waals surface area contributed by atoms with Gasteiger partial charge in [-0.15, -0.1) is 0 Å². The maximum absolute atomic E-state index is 12.3. The summed E-state index contributed by atoms with van der Waals surface area (Å²) in [5, 5.41) is 26.6. The minimum absolute atomic E-state index is 0.133. The summed E-state index contributed by atoms with van der Waals surface area (Å²) in [6.45, 7) is -0.507. The average Bonchev–Trinajstić information content (AvgIpc) is 2.78. The Balaban J connectivity index is 1.83. The molecule has 0 saturated heterocycles. The van der Waals surface area contributed by atoms with Crippen LogP contribution < -0.4 is 20.7 Å². The van der Waals surface area contributed by atoms with E-state index in [2.05, 4.69) is 25.3 Å². The number of hydrogen-bond acceptors (Lipinski definition) is 9. The van der Waals surface area contributed by atoms with Gasteiger partial charge >= 0.3 is 12.1 Å². The van der Waals surface area contributed by atoms with Crippen molar-refractivity contribution in [2.24, 2.45) is 0 Å². The van der Waals surface area contributed by atoms with Crippen LogP contribution in [-0.2, 0) is 9.53 Å². The normalized spacial score (nSPS) is 11.7. The van der Waals surface area contributed by atoms with Crippen molar-refractivity contribution in [3.05, 3.63) is 42.2 Å². The van der Waals surface area contributed by atoms with Gasteiger partial charge in [-0.2, -0.15) is 0 Å². The fourth-order valence-electron chi connectivity index (χ4n) is 2.34. The number of aliphatic carboxylic acids is 1. The molecule has 15 heteroatoms. The standard InChI is InChI=1S/C19H20Cl3N5O7/c20-19(21,22)10-34-18(32)27-13(16(30)31)9-26-15(29)12-3-2-11(8-14(12)28)33-7-6-25-17-23-4-1-5-24-17/h1-5,8,13,28H,6-7,9-10H2,(H,26,29)(H,27,32)(H,30,31)(H,23,24,25)/t13-/m0/s1. The lowest BCUT2D eigenvalue weighted by Gasteiger charge is -2.17. The molecule has 184 valence electrons. The van der Waals surface area contributed by atoms with Crippen molar-refractivity contribution in [1.29, 1.82) is 0 Å². The highest BCUT2D eigenvalue weighted by Crippen LogP contribution is 2.26. The summed E-state index contributed by atoms with van der Waals surface area (Å²) in [7, 11) is 0. The molecule has 1 atom stereocenters. The van der Waals surface area contributed by atoms with Crippen molar-refractivity contribution in [3.63, 3.8) is 0 Å². The van der Waals surface area contributed by atoms with Gasteiger partial charge in [-0.05, 0) is 18.2 Å². The van der Waals surface area contributed by atoms with E-state index in [0.717, 1.165) is 0 Å². The molecule has 0 aliphatic heterocycles. The quantitative estimate of drug-likeness (QED) is 0.211. The summed E-state index contributed by atoms with van der Waals surface area (Å²) in [5.74, 6) is -1.89. The molecule has 2 aromatic rings. The number of phenolic OH excluding ortho intramolecular Hbond substituents is 1. The van der Waals surface area contributed by atoms with Crippen LogP contribution in [0, 0.1) is 0 Å². The number of carboxylic acids is 1. The van der Waals surface area contributed by atoms with E-state index in [1.54, 1.807) is 18.5 Å². The van der Waals surface area contributed by atoms with Crippen molar-refractivity contribution in [2.75, 3.05) is 31.6 Å². The van der Waals surface area contributed by atoms with Gasteiger partial charge in [-0.3, -0.25) is 4.79 Å². The second-order valence-corrected chi connectivity index (χ2v) is 8.98. The van der Waals surface area contributed by atoms with E-state index < -0.39 is 46.7 Å². The van der Waals surface area contributed by atoms with Gasteiger partial charge in [0.2, 0.25) is 9.74 Å². The maximum Gasteiger partial charge on any atom is 0.408 e. The SMILES string of the molecule is O=C(N[C@@H](CNC(=O)c1ccc(OCCNc2ncccn2)cc1O)C(=O)O)OCC(Cl)(Cl)Cl. The lowest BCUT2D eigenvalue weighted by molar-refractivity contribution is -0.139. The fraction of sp³-hybridized carbons (Fsp3) is 0.316. The number of aromatic hydroxyl groups is 1. The fourth-order valence-corrected chi connectivity index (χ4v) is 2.50. The van der Waals surface area contributed by atoms with Crippen LogP contribution in [0.3, 0.4) is 0 Å². The number of carbonyl (C=O) groups is 3. The van der Waals surface area contributed by atoms with Crippen LogP contribution in [0.5, 0.6) is 11.5 Å². The van der Waals surface area contributed by atoms with Crippen molar-refractivity contribution in [1.82, 2.24) is 20.6 Å². The molecule has 2 amide bonds. The Hall–Kier alpha value is -3.22. The van der Waals surface area contributed by atoms with Crippen molar-refractivity contribution < 1.29 is 34.1 Å². The van der Waals surface area contributed by atoms with Crippen LogP contribution in [0.1, 0.15) is 10.4 Å². The van der Waals surface area contributed by atoms with Gasteiger partial charge < -0.3 is 35.6 Å². The van der Waals surface area contributed by atoms with E-state index in [-0.39, 0.29) is 12.2 Å². The first-order valence-corrected chi connectivity index (χ1v) is 10.7. The summed E-state index contributed by atoms with van der Waals surface area (Å²) in [6, 6.07) is 4.12. The molecule has 0 unspecified atom stereocenters. The van der Waals surface area contributed by atoms with E-state index in [0.29, 0.717) is 18.2 Å². The first-order chi connectivity index (χ1) is 16.0. The van der Waals surface area contributed by atoms with Crippen LogP contribution in [0.15, 0.2) is 36.7 Å². The van der Waals surface area contributed by atoms with Gasteiger partial charge in [-0.1, -0.05) is 34.8 Å². The Morgan fingerprint density at radius 2 is 1.85 bits per heavy atom. The van der Waals surface area contributed by atoms with E-state index in [1.165, 1.54) is 18.2 Å². The highest BCUT2D eigenvalue weighted by Gasteiger charge is 2.26. The Morgan fingerprint density at radius 1 is 1.15 bits per heavy atom. The van der Waals surface area contributed by atoms with E-state index >= 15 is 0 Å². The first-order valence-electron chi connectivity index (χ1n) is 9.53. The van der Waals surface area contributed by atoms with Crippen LogP contribution in [0.2, 0.25) is 0 Å². The first kappa shape index (κ1) is 27.0. The van der Waals surface area contributed by atoms with Crippen molar-refractivity contribution in [3.8, 4) is 11.5 Å². The Morgan fingerprint density at radius 3 is 2.47 bits per heavy atom. The zero-order valence-corrected chi connectivity index (χ0v) is 19.6. The molecule has 0 aliphatic carbocycles. The largest absolute Gasteiger partial charge is 0.507 e. The number of benzene rings is 1. The molecule has 0 spiro atoms. The number of alkyl carbamates (subject to hydrolysis) is 1. The smallest absolute Gasteiger partial charge is 0.408 e. The number of carboxylic acid groups (broad SMARTS) is 1. The average molecular weight is 537 g/mol. The number of nitrogens with zero attached hydrogens (tertiary/aromatic N) is 2. The molecule has 1 aromatic carbocycles. The molecular weight excluding hydrogens is 517 g/mol. The number of carbonyl (C=O) groups excluding carboxylic acids is 2. The van der Waals surface area contributed by atoms with Crippen molar-refractivity contribution in [2.45, 2.75) is 9.83 Å². The lowest BCUT2D eigenvalue weighted by Crippen LogP contribution is -2.48. The lowest BCUT2D eigenvalue weighted by atomic mass is 10.1. The predicted octanol–water partition coefficient (Wildman–Crippen LogP) is 1.95. The predicted molar refractivity (Wildman–Crippen MR) is 123 cm³/mol. The number of nitrogens with one attached hydrogen (secondary N) is 3. The summed E-state index contributed by atoms with van der Waals surface area (Å²) in [6.07, 6.45) is 2.02. The minimum atomic E-state index is -1.87. The summed E-state index contributed by atoms with van der Waals surface area (Å²) in [5.41, 5.74) is -0.133. The third-order valence-corrected chi connectivity index (χ3v) is 4.18. The Labute approximate surface area is 208 Å². The zero-order chi connectivity index (χ0) is 25.1. The summed E-state index contributed by atoms with van der Waals surface area (Å²) >= 11 is 16.3. The van der Waals surface area contributed by atoms with Gasteiger partial charge in [0.1, 0.15) is 30.8 Å². The number of phenols is 1. The number of halogens is 3. The van der Waals surface area contributed by atoms with Gasteiger partial charge in [0, 0.05) is 25.0 Å². The highest BCUT2D eigenvalue weighted by molar-refractivity contribution is 6.67. The summed E-state index contributed by atoms with van der Waals surface area (Å²) < 4.78 is 8.20. The van der Waals surface area contributed by atoms with Gasteiger partial charge in [0.05, 0.1) is 12.1 Å². The molecule has 5 N–H and O–H groups in total. The summed E-state index contributed by atoms with van der Waals surface area (Å²) in [4.78, 5) is 43.3.